The lowest BCUT2D eigenvalue weighted by Gasteiger charge is -2.11. The van der Waals surface area contributed by atoms with Gasteiger partial charge in [-0.2, -0.15) is 0 Å². The Bertz CT molecular complexity index is 462. The predicted molar refractivity (Wildman–Crippen MR) is 69.7 cm³/mol. The van der Waals surface area contributed by atoms with Gasteiger partial charge in [0.25, 0.3) is 0 Å². The van der Waals surface area contributed by atoms with Crippen molar-refractivity contribution in [2.24, 2.45) is 0 Å². The van der Waals surface area contributed by atoms with E-state index in [-0.39, 0.29) is 0 Å². The highest BCUT2D eigenvalue weighted by atomic mass is 79.9. The first-order chi connectivity index (χ1) is 7.66. The van der Waals surface area contributed by atoms with Crippen LogP contribution in [0.3, 0.4) is 0 Å². The molecule has 1 heterocycles. The van der Waals surface area contributed by atoms with Crippen LogP contribution < -0.4 is 10.5 Å². The summed E-state index contributed by atoms with van der Waals surface area (Å²) < 4.78 is 6.66. The first-order valence-electron chi connectivity index (χ1n) is 4.72. The lowest BCUT2D eigenvalue weighted by molar-refractivity contribution is 0.309. The topological polar surface area (TPSA) is 48.1 Å². The Labute approximate surface area is 106 Å². The molecule has 0 aliphatic carbocycles. The quantitative estimate of drug-likeness (QED) is 0.884. The molecule has 0 spiro atoms. The molecule has 0 unspecified atom stereocenters. The molecule has 2 rings (SSSR count). The summed E-state index contributed by atoms with van der Waals surface area (Å²) in [5, 5.41) is 0. The van der Waals surface area contributed by atoms with Gasteiger partial charge in [-0.1, -0.05) is 15.9 Å². The van der Waals surface area contributed by atoms with E-state index in [1.54, 1.807) is 23.0 Å². The van der Waals surface area contributed by atoms with Gasteiger partial charge in [-0.3, -0.25) is 4.98 Å². The van der Waals surface area contributed by atoms with Crippen LogP contribution in [0, 0.1) is 6.92 Å². The summed E-state index contributed by atoms with van der Waals surface area (Å²) in [5.74, 6) is 0.747. The van der Waals surface area contributed by atoms with E-state index in [0.717, 1.165) is 20.7 Å². The molecular weight excluding hydrogens is 288 g/mol. The second-order valence-corrected chi connectivity index (χ2v) is 5.28. The van der Waals surface area contributed by atoms with Crippen LogP contribution in [0.25, 0.3) is 0 Å². The number of anilines is 1. The number of hydrogen-bond donors (Lipinski definition) is 1. The van der Waals surface area contributed by atoms with Gasteiger partial charge in [0.15, 0.2) is 0 Å². The third-order valence-corrected chi connectivity index (χ3v) is 3.32. The largest absolute Gasteiger partial charge is 0.486 e. The molecule has 2 aromatic rings. The number of aromatic nitrogens is 1. The molecule has 2 N–H and O–H groups in total. The normalized spacial score (nSPS) is 10.4. The number of thiazole rings is 1. The van der Waals surface area contributed by atoms with Gasteiger partial charge >= 0.3 is 0 Å². The van der Waals surface area contributed by atoms with Gasteiger partial charge in [0.1, 0.15) is 12.4 Å². The van der Waals surface area contributed by atoms with Crippen molar-refractivity contribution in [1.82, 2.24) is 4.98 Å². The number of aryl methyl sites for hydroxylation is 1. The summed E-state index contributed by atoms with van der Waals surface area (Å²) in [6.07, 6.45) is 1.80. The minimum atomic E-state index is 0.511. The third-order valence-electron chi connectivity index (χ3n) is 2.11. The van der Waals surface area contributed by atoms with Gasteiger partial charge in [0, 0.05) is 10.7 Å². The average Bonchev–Trinajstić information content (AvgIpc) is 2.68. The molecule has 0 radical (unpaired) electrons. The van der Waals surface area contributed by atoms with Crippen LogP contribution in [-0.4, -0.2) is 4.98 Å². The van der Waals surface area contributed by atoms with Gasteiger partial charge < -0.3 is 10.5 Å². The minimum Gasteiger partial charge on any atom is -0.486 e. The molecule has 3 nitrogen and oxygen atoms in total. The Balaban J connectivity index is 2.15. The summed E-state index contributed by atoms with van der Waals surface area (Å²) in [4.78, 5) is 5.08. The first-order valence-corrected chi connectivity index (χ1v) is 6.40. The van der Waals surface area contributed by atoms with Gasteiger partial charge in [-0.15, -0.1) is 11.3 Å². The molecular formula is C11H11BrN2OS. The Morgan fingerprint density at radius 3 is 2.94 bits per heavy atom. The second kappa shape index (κ2) is 4.84. The van der Waals surface area contributed by atoms with E-state index in [1.807, 2.05) is 19.1 Å². The number of nitrogen functional groups attached to an aromatic ring is 1. The van der Waals surface area contributed by atoms with Gasteiger partial charge in [0.05, 0.1) is 16.1 Å². The Kier molecular flexibility index (Phi) is 3.46. The van der Waals surface area contributed by atoms with Crippen molar-refractivity contribution in [3.63, 3.8) is 0 Å². The van der Waals surface area contributed by atoms with Crippen molar-refractivity contribution in [2.45, 2.75) is 13.5 Å². The fraction of sp³-hybridized carbons (Fsp3) is 0.182. The van der Waals surface area contributed by atoms with Crippen molar-refractivity contribution in [3.05, 3.63) is 38.8 Å². The van der Waals surface area contributed by atoms with Gasteiger partial charge in [0.2, 0.25) is 0 Å². The van der Waals surface area contributed by atoms with Crippen LogP contribution in [0.2, 0.25) is 0 Å². The fourth-order valence-corrected chi connectivity index (χ4v) is 2.51. The molecule has 16 heavy (non-hydrogen) atoms. The second-order valence-electron chi connectivity index (χ2n) is 3.40. The first kappa shape index (κ1) is 11.4. The maximum absolute atomic E-state index is 5.89. The van der Waals surface area contributed by atoms with Gasteiger partial charge in [-0.05, 0) is 24.6 Å². The average molecular weight is 299 g/mol. The van der Waals surface area contributed by atoms with E-state index in [0.29, 0.717) is 12.3 Å². The van der Waals surface area contributed by atoms with Crippen molar-refractivity contribution in [1.29, 1.82) is 0 Å². The summed E-state index contributed by atoms with van der Waals surface area (Å²) in [7, 11) is 0. The van der Waals surface area contributed by atoms with E-state index < -0.39 is 0 Å². The summed E-state index contributed by atoms with van der Waals surface area (Å²) >= 11 is 4.96. The number of nitrogens with two attached hydrogens (primary N) is 1. The smallest absolute Gasteiger partial charge is 0.145 e. The van der Waals surface area contributed by atoms with Crippen molar-refractivity contribution < 1.29 is 4.74 Å². The highest BCUT2D eigenvalue weighted by molar-refractivity contribution is 9.10. The lowest BCUT2D eigenvalue weighted by atomic mass is 10.2. The monoisotopic (exact) mass is 298 g/mol. The number of rotatable bonds is 3. The van der Waals surface area contributed by atoms with Crippen LogP contribution >= 0.6 is 27.3 Å². The molecule has 5 heteroatoms. The summed E-state index contributed by atoms with van der Waals surface area (Å²) in [5.41, 5.74) is 9.36. The Hall–Kier alpha value is -1.07. The van der Waals surface area contributed by atoms with E-state index in [2.05, 4.69) is 20.9 Å². The highest BCUT2D eigenvalue weighted by Gasteiger charge is 2.07. The highest BCUT2D eigenvalue weighted by Crippen LogP contribution is 2.30. The van der Waals surface area contributed by atoms with E-state index in [9.17, 15) is 0 Å². The predicted octanol–water partition coefficient (Wildman–Crippen LogP) is 3.38. The van der Waals surface area contributed by atoms with Crippen molar-refractivity contribution in [2.75, 3.05) is 5.73 Å². The Morgan fingerprint density at radius 2 is 2.31 bits per heavy atom. The zero-order valence-electron chi connectivity index (χ0n) is 8.74. The summed E-state index contributed by atoms with van der Waals surface area (Å²) in [6, 6.07) is 3.83. The fourth-order valence-electron chi connectivity index (χ4n) is 1.41. The molecule has 0 atom stereocenters. The van der Waals surface area contributed by atoms with Crippen LogP contribution in [-0.2, 0) is 6.61 Å². The van der Waals surface area contributed by atoms with Crippen LogP contribution in [0.5, 0.6) is 5.75 Å². The zero-order chi connectivity index (χ0) is 11.5. The molecule has 84 valence electrons. The molecule has 0 aliphatic rings. The third kappa shape index (κ3) is 2.54. The van der Waals surface area contributed by atoms with Crippen molar-refractivity contribution in [3.8, 4) is 5.75 Å². The van der Waals surface area contributed by atoms with Crippen LogP contribution in [0.1, 0.15) is 10.4 Å². The number of nitrogens with zero attached hydrogens (tertiary/aromatic N) is 1. The SMILES string of the molecule is Cc1cc(Br)cc(N)c1OCc1cncs1. The number of halogens is 1. The molecule has 0 bridgehead atoms. The molecule has 1 aromatic carbocycles. The number of benzene rings is 1. The van der Waals surface area contributed by atoms with E-state index >= 15 is 0 Å². The molecule has 0 amide bonds. The Morgan fingerprint density at radius 1 is 1.50 bits per heavy atom. The van der Waals surface area contributed by atoms with Crippen LogP contribution in [0.15, 0.2) is 28.3 Å². The van der Waals surface area contributed by atoms with E-state index in [4.69, 9.17) is 10.5 Å². The molecule has 0 fully saturated rings. The minimum absolute atomic E-state index is 0.511. The van der Waals surface area contributed by atoms with Crippen molar-refractivity contribution >= 4 is 33.0 Å². The van der Waals surface area contributed by atoms with E-state index in [1.165, 1.54) is 0 Å². The number of ether oxygens (including phenoxy) is 1. The molecule has 0 saturated heterocycles. The standard InChI is InChI=1S/C11H11BrN2OS/c1-7-2-8(12)3-10(13)11(7)15-5-9-4-14-6-16-9/h2-4,6H,5,13H2,1H3. The van der Waals surface area contributed by atoms with Gasteiger partial charge in [-0.25, -0.2) is 0 Å². The number of hydrogen-bond acceptors (Lipinski definition) is 4. The van der Waals surface area contributed by atoms with Crippen LogP contribution in [0.4, 0.5) is 5.69 Å². The molecule has 0 aliphatic heterocycles. The molecule has 1 aromatic heterocycles. The maximum Gasteiger partial charge on any atom is 0.145 e. The maximum atomic E-state index is 5.89. The zero-order valence-corrected chi connectivity index (χ0v) is 11.1. The lowest BCUT2D eigenvalue weighted by Crippen LogP contribution is -1.99. The molecule has 0 saturated carbocycles. The summed E-state index contributed by atoms with van der Waals surface area (Å²) in [6.45, 7) is 2.49.